The van der Waals surface area contributed by atoms with E-state index in [4.69, 9.17) is 20.3 Å². The van der Waals surface area contributed by atoms with Crippen LogP contribution in [0, 0.1) is 61.7 Å². The molecular formula is C67H88N6O6Si. The van der Waals surface area contributed by atoms with E-state index >= 15 is 0 Å². The van der Waals surface area contributed by atoms with Gasteiger partial charge in [0.05, 0.1) is 20.3 Å². The second-order valence-electron chi connectivity index (χ2n) is 24.9. The second kappa shape index (κ2) is 27.5. The molecule has 0 bridgehead atoms. The van der Waals surface area contributed by atoms with Crippen molar-refractivity contribution in [2.24, 2.45) is 23.7 Å². The second-order valence-corrected chi connectivity index (χ2v) is 29.6. The van der Waals surface area contributed by atoms with Crippen LogP contribution in [-0.4, -0.2) is 85.4 Å². The zero-order valence-corrected chi connectivity index (χ0v) is 50.2. The summed E-state index contributed by atoms with van der Waals surface area (Å²) in [7, 11) is 1.63. The summed E-state index contributed by atoms with van der Waals surface area (Å²) in [6.07, 6.45) is 21.2. The molecule has 426 valence electrons. The Labute approximate surface area is 478 Å². The quantitative estimate of drug-likeness (QED) is 0.0820. The van der Waals surface area contributed by atoms with Gasteiger partial charge in [0.25, 0.3) is 0 Å². The summed E-state index contributed by atoms with van der Waals surface area (Å²) in [6.45, 7) is 17.2. The number of methoxy groups -OCH3 is 2. The third kappa shape index (κ3) is 15.6. The number of ether oxygens (including phenoxy) is 2. The van der Waals surface area contributed by atoms with Crippen LogP contribution in [-0.2, 0) is 14.0 Å². The van der Waals surface area contributed by atoms with E-state index in [9.17, 15) is 14.7 Å². The highest BCUT2D eigenvalue weighted by atomic mass is 28.4. The predicted octanol–water partition coefficient (Wildman–Crippen LogP) is 13.6. The molecule has 0 saturated heterocycles. The zero-order valence-electron chi connectivity index (χ0n) is 49.2. The van der Waals surface area contributed by atoms with Crippen molar-refractivity contribution < 1.29 is 28.6 Å². The number of carbonyl (C=O) groups excluding carboxylic acids is 2. The largest absolute Gasteiger partial charge is 0.496 e. The molecule has 1 aromatic heterocycles. The first-order chi connectivity index (χ1) is 38.4. The fourth-order valence-corrected chi connectivity index (χ4v) is 13.9. The smallest absolute Gasteiger partial charge is 0.247 e. The lowest BCUT2D eigenvalue weighted by atomic mass is 9.78. The molecule has 12 nitrogen and oxygen atoms in total. The number of aryl methyl sites for hydroxylation is 2. The van der Waals surface area contributed by atoms with Crippen LogP contribution in [0.25, 0.3) is 0 Å². The predicted molar refractivity (Wildman–Crippen MR) is 323 cm³/mol. The number of H-pyrrole nitrogens is 1. The summed E-state index contributed by atoms with van der Waals surface area (Å²) >= 11 is 0. The fourth-order valence-electron chi connectivity index (χ4n) is 12.5. The maximum atomic E-state index is 14.1. The molecule has 4 aromatic carbocycles. The van der Waals surface area contributed by atoms with Crippen LogP contribution in [0.1, 0.15) is 175 Å². The Morgan fingerprint density at radius 1 is 0.650 bits per heavy atom. The van der Waals surface area contributed by atoms with Crippen LogP contribution in [0.5, 0.6) is 11.5 Å². The zero-order chi connectivity index (χ0) is 57.0. The summed E-state index contributed by atoms with van der Waals surface area (Å²) in [5.74, 6) is 13.4. The van der Waals surface area contributed by atoms with Gasteiger partial charge in [-0.1, -0.05) is 74.1 Å². The number of aliphatic hydroxyl groups excluding tert-OH is 1. The highest BCUT2D eigenvalue weighted by Crippen LogP contribution is 2.43. The van der Waals surface area contributed by atoms with Gasteiger partial charge in [0.1, 0.15) is 11.5 Å². The average Bonchev–Trinajstić information content (AvgIpc) is 4.02. The maximum Gasteiger partial charge on any atom is 0.247 e. The van der Waals surface area contributed by atoms with E-state index < -0.39 is 8.32 Å². The van der Waals surface area contributed by atoms with E-state index in [0.717, 1.165) is 130 Å². The number of rotatable bonds is 14. The highest BCUT2D eigenvalue weighted by Gasteiger charge is 2.41. The molecule has 2 N–H and O–H groups in total. The number of hydrogen-bond donors (Lipinski definition) is 2. The van der Waals surface area contributed by atoms with Crippen molar-refractivity contribution in [2.75, 3.05) is 37.1 Å². The van der Waals surface area contributed by atoms with Gasteiger partial charge in [-0.05, 0) is 240 Å². The first-order valence-corrected chi connectivity index (χ1v) is 32.5. The van der Waals surface area contributed by atoms with Crippen LogP contribution in [0.2, 0.25) is 18.1 Å². The van der Waals surface area contributed by atoms with Gasteiger partial charge in [0, 0.05) is 53.5 Å². The fraction of sp³-hybridized carbons (Fsp3) is 0.537. The van der Waals surface area contributed by atoms with Crippen molar-refractivity contribution in [1.82, 2.24) is 20.6 Å². The van der Waals surface area contributed by atoms with Gasteiger partial charge in [-0.3, -0.25) is 9.59 Å². The summed E-state index contributed by atoms with van der Waals surface area (Å²) < 4.78 is 17.6. The molecule has 4 saturated carbocycles. The number of anilines is 2. The van der Waals surface area contributed by atoms with Gasteiger partial charge in [-0.15, -0.1) is 11.5 Å². The summed E-state index contributed by atoms with van der Waals surface area (Å²) in [5, 5.41) is 23.9. The Morgan fingerprint density at radius 3 is 1.56 bits per heavy atom. The minimum absolute atomic E-state index is 0.0439. The van der Waals surface area contributed by atoms with Gasteiger partial charge in [-0.2, -0.15) is 5.21 Å². The van der Waals surface area contributed by atoms with E-state index in [1.165, 1.54) is 22.3 Å². The van der Waals surface area contributed by atoms with Crippen LogP contribution < -0.4 is 19.3 Å². The van der Waals surface area contributed by atoms with Gasteiger partial charge in [0.2, 0.25) is 17.6 Å². The van der Waals surface area contributed by atoms with Crippen molar-refractivity contribution in [2.45, 2.75) is 180 Å². The molecule has 4 aliphatic rings. The monoisotopic (exact) mass is 1100 g/mol. The maximum absolute atomic E-state index is 14.1. The average molecular weight is 1100 g/mol. The molecule has 80 heavy (non-hydrogen) atoms. The molecule has 13 heteroatoms. The molecule has 2 amide bonds. The Hall–Kier alpha value is -6.25. The minimum Gasteiger partial charge on any atom is -0.496 e. The van der Waals surface area contributed by atoms with Crippen LogP contribution in [0.3, 0.4) is 0 Å². The third-order valence-electron chi connectivity index (χ3n) is 18.4. The van der Waals surface area contributed by atoms with E-state index in [1.807, 2.05) is 47.4 Å². The number of aromatic amines is 1. The van der Waals surface area contributed by atoms with Crippen LogP contribution >= 0.6 is 0 Å². The Balaban J connectivity index is 0.000000210. The van der Waals surface area contributed by atoms with Gasteiger partial charge >= 0.3 is 0 Å². The van der Waals surface area contributed by atoms with Crippen molar-refractivity contribution in [3.8, 4) is 35.7 Å². The summed E-state index contributed by atoms with van der Waals surface area (Å²) in [4.78, 5) is 32.1. The number of amides is 2. The topological polar surface area (TPSA) is 143 Å². The third-order valence-corrected chi connectivity index (χ3v) is 22.9. The van der Waals surface area contributed by atoms with E-state index in [0.29, 0.717) is 48.9 Å². The molecule has 0 atom stereocenters. The SMILES string of the molecule is C#Cc1cccc(N(CC2CCC(c3ccc(OC)c(C)c3)CC2)C(=O)C2CCC(O[Si](C)(C)C(C)(C)C)CC2)c1.COc1ccc(C2CCC(CN(C(=O)C3CCC(O)CC3)c3cccc(C#Cc4nn[nH]n4)c3)CC2)cc1C. The molecule has 4 aliphatic carbocycles. The van der Waals surface area contributed by atoms with E-state index in [-0.39, 0.29) is 40.9 Å². The number of tetrazole rings is 1. The molecule has 0 unspecified atom stereocenters. The number of carbonyl (C=O) groups is 2. The number of nitrogens with zero attached hydrogens (tertiary/aromatic N) is 5. The summed E-state index contributed by atoms with van der Waals surface area (Å²) in [6, 6.07) is 29.0. The lowest BCUT2D eigenvalue weighted by Gasteiger charge is -2.41. The molecule has 9 rings (SSSR count). The van der Waals surface area contributed by atoms with Crippen molar-refractivity contribution >= 4 is 31.5 Å². The number of aromatic nitrogens is 4. The first-order valence-electron chi connectivity index (χ1n) is 29.6. The normalized spacial score (nSPS) is 23.2. The first kappa shape index (κ1) is 59.9. The van der Waals surface area contributed by atoms with Crippen LogP contribution in [0.4, 0.5) is 11.4 Å². The lowest BCUT2D eigenvalue weighted by molar-refractivity contribution is -0.124. The molecule has 5 aromatic rings. The molecular weight excluding hydrogens is 1010 g/mol. The van der Waals surface area contributed by atoms with Gasteiger partial charge in [0.15, 0.2) is 8.32 Å². The summed E-state index contributed by atoms with van der Waals surface area (Å²) in [5.41, 5.74) is 8.60. The molecule has 0 aliphatic heterocycles. The number of aliphatic hydroxyl groups is 1. The molecule has 4 fully saturated rings. The van der Waals surface area contributed by atoms with Crippen molar-refractivity contribution in [1.29, 1.82) is 0 Å². The van der Waals surface area contributed by atoms with E-state index in [2.05, 4.69) is 133 Å². The Kier molecular flexibility index (Phi) is 20.6. The van der Waals surface area contributed by atoms with Gasteiger partial charge < -0.3 is 28.8 Å². The standard InChI is InChI=1S/C36H51NO3Si.C31H37N5O3/c1-9-27-11-10-12-32(24-27)37(35(38)30-17-20-33(21-18-30)40-41(7,8)36(3,4)5)25-28-13-15-29(16-14-28)31-19-22-34(39-6)26(2)23-31;1-21-18-26(13-16-29(21)39-2)24-9-6-23(7-10-24)20-36(31(38)25-11-14-28(37)15-12-25)27-5-3-4-22(19-27)8-17-30-32-34-35-33-30/h1,10-12,19,22-24,28-30,33H,13-18,20-21,25H2,2-8H3;3-5,13,16,18-19,23-25,28,37H,6-7,9-12,14-15,20H2,1-2H3,(H,32,33,34,35). The Bertz CT molecular complexity index is 2940. The van der Waals surface area contributed by atoms with E-state index in [1.54, 1.807) is 14.2 Å². The van der Waals surface area contributed by atoms with Crippen molar-refractivity contribution in [3.63, 3.8) is 0 Å². The highest BCUT2D eigenvalue weighted by molar-refractivity contribution is 6.74. The number of nitrogens with one attached hydrogen (secondary N) is 1. The number of terminal acetylenes is 1. The Morgan fingerprint density at radius 2 is 1.12 bits per heavy atom. The van der Waals surface area contributed by atoms with Crippen LogP contribution in [0.15, 0.2) is 84.9 Å². The molecule has 0 radical (unpaired) electrons. The number of benzene rings is 4. The number of hydrogen-bond acceptors (Lipinski definition) is 9. The molecule has 1 heterocycles. The minimum atomic E-state index is -1.81. The lowest BCUT2D eigenvalue weighted by Crippen LogP contribution is -2.46. The van der Waals surface area contributed by atoms with Crippen molar-refractivity contribution in [3.05, 3.63) is 124 Å². The molecule has 0 spiro atoms. The van der Waals surface area contributed by atoms with Gasteiger partial charge in [-0.25, -0.2) is 0 Å².